The SMILES string of the molecule is O=C(O)C(CCO)NS(=O)(=O)c1cc(F)ccc1F. The van der Waals surface area contributed by atoms with E-state index in [2.05, 4.69) is 0 Å². The van der Waals surface area contributed by atoms with Crippen LogP contribution in [0.25, 0.3) is 0 Å². The molecule has 1 aromatic rings. The Bertz CT molecular complexity index is 575. The van der Waals surface area contributed by atoms with Gasteiger partial charge in [0.1, 0.15) is 22.6 Å². The Balaban J connectivity index is 3.10. The van der Waals surface area contributed by atoms with Crippen LogP contribution >= 0.6 is 0 Å². The Labute approximate surface area is 107 Å². The summed E-state index contributed by atoms with van der Waals surface area (Å²) >= 11 is 0. The summed E-state index contributed by atoms with van der Waals surface area (Å²) < 4.78 is 51.4. The number of carbonyl (C=O) groups is 1. The molecule has 19 heavy (non-hydrogen) atoms. The highest BCUT2D eigenvalue weighted by atomic mass is 32.2. The van der Waals surface area contributed by atoms with Gasteiger partial charge in [0.15, 0.2) is 0 Å². The maximum Gasteiger partial charge on any atom is 0.321 e. The second kappa shape index (κ2) is 6.04. The summed E-state index contributed by atoms with van der Waals surface area (Å²) in [5, 5.41) is 17.4. The summed E-state index contributed by atoms with van der Waals surface area (Å²) in [5.74, 6) is -3.72. The van der Waals surface area contributed by atoms with Crippen LogP contribution < -0.4 is 4.72 Å². The predicted molar refractivity (Wildman–Crippen MR) is 59.8 cm³/mol. The van der Waals surface area contributed by atoms with E-state index in [4.69, 9.17) is 10.2 Å². The third kappa shape index (κ3) is 3.94. The lowest BCUT2D eigenvalue weighted by Gasteiger charge is -2.14. The fourth-order valence-corrected chi connectivity index (χ4v) is 2.61. The summed E-state index contributed by atoms with van der Waals surface area (Å²) in [6.45, 7) is -0.578. The Hall–Kier alpha value is -1.58. The second-order valence-electron chi connectivity index (χ2n) is 3.60. The number of hydrogen-bond acceptors (Lipinski definition) is 4. The van der Waals surface area contributed by atoms with Crippen molar-refractivity contribution in [3.63, 3.8) is 0 Å². The fraction of sp³-hybridized carbons (Fsp3) is 0.300. The van der Waals surface area contributed by atoms with Gasteiger partial charge in [0.2, 0.25) is 10.0 Å². The van der Waals surface area contributed by atoms with Crippen molar-refractivity contribution >= 4 is 16.0 Å². The van der Waals surface area contributed by atoms with Gasteiger partial charge in [-0.1, -0.05) is 0 Å². The van der Waals surface area contributed by atoms with Crippen LogP contribution in [0.4, 0.5) is 8.78 Å². The molecule has 0 aliphatic rings. The van der Waals surface area contributed by atoms with Crippen molar-refractivity contribution in [2.24, 2.45) is 0 Å². The third-order valence-corrected chi connectivity index (χ3v) is 3.68. The minimum absolute atomic E-state index is 0.397. The molecule has 0 bridgehead atoms. The van der Waals surface area contributed by atoms with Gasteiger partial charge in [-0.3, -0.25) is 4.79 Å². The molecule has 3 N–H and O–H groups in total. The van der Waals surface area contributed by atoms with Crippen molar-refractivity contribution in [3.8, 4) is 0 Å². The number of rotatable bonds is 6. The van der Waals surface area contributed by atoms with E-state index in [1.165, 1.54) is 0 Å². The summed E-state index contributed by atoms with van der Waals surface area (Å²) in [6.07, 6.45) is -0.397. The molecule has 1 atom stereocenters. The molecule has 0 radical (unpaired) electrons. The average molecular weight is 295 g/mol. The highest BCUT2D eigenvalue weighted by Gasteiger charge is 2.27. The number of halogens is 2. The molecule has 0 amide bonds. The van der Waals surface area contributed by atoms with Gasteiger partial charge in [0, 0.05) is 6.61 Å². The van der Waals surface area contributed by atoms with E-state index < -0.39 is 51.6 Å². The average Bonchev–Trinajstić information content (AvgIpc) is 2.31. The van der Waals surface area contributed by atoms with Crippen molar-refractivity contribution in [1.29, 1.82) is 0 Å². The first-order chi connectivity index (χ1) is 8.77. The van der Waals surface area contributed by atoms with Crippen molar-refractivity contribution in [1.82, 2.24) is 4.72 Å². The molecule has 0 saturated carbocycles. The minimum Gasteiger partial charge on any atom is -0.480 e. The van der Waals surface area contributed by atoms with Crippen LogP contribution in [0.3, 0.4) is 0 Å². The van der Waals surface area contributed by atoms with Crippen LogP contribution in [-0.4, -0.2) is 37.2 Å². The lowest BCUT2D eigenvalue weighted by Crippen LogP contribution is -2.41. The second-order valence-corrected chi connectivity index (χ2v) is 5.28. The molecule has 0 spiro atoms. The molecule has 0 aliphatic heterocycles. The number of sulfonamides is 1. The van der Waals surface area contributed by atoms with Crippen LogP contribution in [0.5, 0.6) is 0 Å². The lowest BCUT2D eigenvalue weighted by molar-refractivity contribution is -0.139. The molecule has 0 heterocycles. The van der Waals surface area contributed by atoms with E-state index >= 15 is 0 Å². The number of aliphatic hydroxyl groups excluding tert-OH is 1. The lowest BCUT2D eigenvalue weighted by atomic mass is 10.2. The maximum absolute atomic E-state index is 13.3. The molecule has 6 nitrogen and oxygen atoms in total. The molecule has 0 saturated heterocycles. The molecule has 1 aromatic carbocycles. The van der Waals surface area contributed by atoms with Crippen LogP contribution in [0.2, 0.25) is 0 Å². The van der Waals surface area contributed by atoms with E-state index in [1.807, 2.05) is 0 Å². The van der Waals surface area contributed by atoms with Crippen molar-refractivity contribution in [2.45, 2.75) is 17.4 Å². The van der Waals surface area contributed by atoms with Gasteiger partial charge in [-0.05, 0) is 24.6 Å². The number of aliphatic carboxylic acids is 1. The van der Waals surface area contributed by atoms with E-state index in [0.717, 1.165) is 6.07 Å². The predicted octanol–water partition coefficient (Wildman–Crippen LogP) is 0.0787. The zero-order valence-electron chi connectivity index (χ0n) is 9.51. The summed E-state index contributed by atoms with van der Waals surface area (Å²) in [7, 11) is -4.54. The normalized spacial score (nSPS) is 13.2. The number of carboxylic acids is 1. The van der Waals surface area contributed by atoms with Gasteiger partial charge in [-0.25, -0.2) is 17.2 Å². The van der Waals surface area contributed by atoms with E-state index in [-0.39, 0.29) is 0 Å². The van der Waals surface area contributed by atoms with Crippen molar-refractivity contribution in [2.75, 3.05) is 6.61 Å². The van der Waals surface area contributed by atoms with Crippen LogP contribution in [0.15, 0.2) is 23.1 Å². The highest BCUT2D eigenvalue weighted by Crippen LogP contribution is 2.16. The zero-order valence-corrected chi connectivity index (χ0v) is 10.3. The smallest absolute Gasteiger partial charge is 0.321 e. The van der Waals surface area contributed by atoms with E-state index in [9.17, 15) is 22.0 Å². The Morgan fingerprint density at radius 3 is 2.53 bits per heavy atom. The molecule has 0 aliphatic carbocycles. The largest absolute Gasteiger partial charge is 0.480 e. The highest BCUT2D eigenvalue weighted by molar-refractivity contribution is 7.89. The standard InChI is InChI=1S/C10H11F2NO5S/c11-6-1-2-7(12)9(5-6)19(17,18)13-8(3-4-14)10(15)16/h1-2,5,8,13-14H,3-4H2,(H,15,16). The van der Waals surface area contributed by atoms with Crippen molar-refractivity contribution < 1.29 is 32.2 Å². The van der Waals surface area contributed by atoms with Crippen LogP contribution in [0, 0.1) is 11.6 Å². The maximum atomic E-state index is 13.3. The van der Waals surface area contributed by atoms with Crippen LogP contribution in [-0.2, 0) is 14.8 Å². The Morgan fingerprint density at radius 1 is 1.37 bits per heavy atom. The Morgan fingerprint density at radius 2 is 2.00 bits per heavy atom. The number of carboxylic acid groups (broad SMARTS) is 1. The zero-order chi connectivity index (χ0) is 14.6. The fourth-order valence-electron chi connectivity index (χ4n) is 1.30. The molecular formula is C10H11F2NO5S. The van der Waals surface area contributed by atoms with Gasteiger partial charge >= 0.3 is 5.97 Å². The van der Waals surface area contributed by atoms with E-state index in [0.29, 0.717) is 12.1 Å². The quantitative estimate of drug-likeness (QED) is 0.689. The number of aliphatic hydroxyl groups is 1. The molecule has 1 rings (SSSR count). The Kier molecular flexibility index (Phi) is 4.92. The van der Waals surface area contributed by atoms with E-state index in [1.54, 1.807) is 4.72 Å². The first kappa shape index (κ1) is 15.5. The molecule has 0 fully saturated rings. The molecular weight excluding hydrogens is 284 g/mol. The number of hydrogen-bond donors (Lipinski definition) is 3. The van der Waals surface area contributed by atoms with Gasteiger partial charge in [0.05, 0.1) is 0 Å². The van der Waals surface area contributed by atoms with Gasteiger partial charge in [-0.2, -0.15) is 4.72 Å². The van der Waals surface area contributed by atoms with Crippen molar-refractivity contribution in [3.05, 3.63) is 29.8 Å². The van der Waals surface area contributed by atoms with Crippen LogP contribution in [0.1, 0.15) is 6.42 Å². The van der Waals surface area contributed by atoms with Gasteiger partial charge in [-0.15, -0.1) is 0 Å². The molecule has 1 unspecified atom stereocenters. The molecule has 0 aromatic heterocycles. The number of nitrogens with one attached hydrogen (secondary N) is 1. The monoisotopic (exact) mass is 295 g/mol. The van der Waals surface area contributed by atoms with Gasteiger partial charge in [0.25, 0.3) is 0 Å². The van der Waals surface area contributed by atoms with Gasteiger partial charge < -0.3 is 10.2 Å². The topological polar surface area (TPSA) is 104 Å². The summed E-state index contributed by atoms with van der Waals surface area (Å²) in [4.78, 5) is 9.76. The summed E-state index contributed by atoms with van der Waals surface area (Å²) in [5.41, 5.74) is 0. The first-order valence-corrected chi connectivity index (χ1v) is 6.57. The molecule has 9 heteroatoms. The summed E-state index contributed by atoms with van der Waals surface area (Å²) in [6, 6.07) is 0.163. The molecule has 106 valence electrons. The first-order valence-electron chi connectivity index (χ1n) is 5.09. The number of benzene rings is 1. The third-order valence-electron chi connectivity index (χ3n) is 2.20. The minimum atomic E-state index is -4.54.